The molecule has 0 saturated heterocycles. The average molecular weight is 267 g/mol. The van der Waals surface area contributed by atoms with E-state index in [4.69, 9.17) is 5.11 Å². The van der Waals surface area contributed by atoms with Crippen LogP contribution in [0.2, 0.25) is 0 Å². The number of pyridine rings is 1. The molecule has 0 unspecified atom stereocenters. The van der Waals surface area contributed by atoms with Gasteiger partial charge in [0.25, 0.3) is 0 Å². The van der Waals surface area contributed by atoms with Crippen molar-refractivity contribution in [2.24, 2.45) is 0 Å². The van der Waals surface area contributed by atoms with Crippen LogP contribution < -0.4 is 0 Å². The Hall–Kier alpha value is -2.75. The number of carboxylic acid groups (broad SMARTS) is 1. The van der Waals surface area contributed by atoms with E-state index in [-0.39, 0.29) is 5.56 Å². The van der Waals surface area contributed by atoms with Gasteiger partial charge in [0.05, 0.1) is 11.1 Å². The molecule has 0 saturated carbocycles. The van der Waals surface area contributed by atoms with Gasteiger partial charge < -0.3 is 5.11 Å². The Labute approximate surface area is 114 Å². The van der Waals surface area contributed by atoms with Gasteiger partial charge in [-0.15, -0.1) is 0 Å². The van der Waals surface area contributed by atoms with Crippen molar-refractivity contribution in [1.29, 1.82) is 0 Å². The fraction of sp³-hybridized carbons (Fsp3) is 0. The number of hydrogen-bond donors (Lipinski definition) is 1. The molecule has 0 atom stereocenters. The number of halogens is 1. The highest BCUT2D eigenvalue weighted by atomic mass is 19.1. The van der Waals surface area contributed by atoms with E-state index in [9.17, 15) is 9.18 Å². The molecule has 0 aliphatic rings. The maximum absolute atomic E-state index is 13.6. The lowest BCUT2D eigenvalue weighted by Crippen LogP contribution is -1.98. The van der Waals surface area contributed by atoms with E-state index in [1.54, 1.807) is 12.3 Å². The summed E-state index contributed by atoms with van der Waals surface area (Å²) in [4.78, 5) is 15.3. The standard InChI is InChI=1S/C16H10FNO2/c17-13-8-11(7-12(9-13)16(19)20)14-5-1-3-10-4-2-6-18-15(10)14/h1-9H,(H,19,20). The van der Waals surface area contributed by atoms with Crippen molar-refractivity contribution in [3.63, 3.8) is 0 Å². The summed E-state index contributed by atoms with van der Waals surface area (Å²) < 4.78 is 13.6. The van der Waals surface area contributed by atoms with E-state index in [2.05, 4.69) is 4.98 Å². The molecule has 0 amide bonds. The van der Waals surface area contributed by atoms with Gasteiger partial charge >= 0.3 is 5.97 Å². The molecule has 98 valence electrons. The summed E-state index contributed by atoms with van der Waals surface area (Å²) in [5.41, 5.74) is 1.86. The highest BCUT2D eigenvalue weighted by Gasteiger charge is 2.10. The third-order valence-corrected chi connectivity index (χ3v) is 3.09. The van der Waals surface area contributed by atoms with Crippen LogP contribution in [-0.2, 0) is 0 Å². The Morgan fingerprint density at radius 1 is 1.10 bits per heavy atom. The van der Waals surface area contributed by atoms with Gasteiger partial charge in [-0.25, -0.2) is 9.18 Å². The number of nitrogens with zero attached hydrogens (tertiary/aromatic N) is 1. The highest BCUT2D eigenvalue weighted by Crippen LogP contribution is 2.28. The first-order chi connectivity index (χ1) is 9.65. The van der Waals surface area contributed by atoms with Crippen LogP contribution in [0.5, 0.6) is 0 Å². The number of rotatable bonds is 2. The molecule has 0 aliphatic carbocycles. The number of hydrogen-bond acceptors (Lipinski definition) is 2. The predicted molar refractivity (Wildman–Crippen MR) is 74.1 cm³/mol. The van der Waals surface area contributed by atoms with Gasteiger partial charge in [0.1, 0.15) is 5.82 Å². The van der Waals surface area contributed by atoms with Gasteiger partial charge in [0, 0.05) is 17.1 Å². The number of benzene rings is 2. The van der Waals surface area contributed by atoms with E-state index in [0.717, 1.165) is 17.0 Å². The zero-order valence-electron chi connectivity index (χ0n) is 10.4. The third kappa shape index (κ3) is 2.12. The minimum atomic E-state index is -1.15. The van der Waals surface area contributed by atoms with Crippen LogP contribution >= 0.6 is 0 Å². The highest BCUT2D eigenvalue weighted by molar-refractivity contribution is 5.95. The molecule has 20 heavy (non-hydrogen) atoms. The lowest BCUT2D eigenvalue weighted by Gasteiger charge is -2.07. The Morgan fingerprint density at radius 3 is 2.70 bits per heavy atom. The lowest BCUT2D eigenvalue weighted by molar-refractivity contribution is 0.0696. The van der Waals surface area contributed by atoms with Gasteiger partial charge in [-0.1, -0.05) is 24.3 Å². The Kier molecular flexibility index (Phi) is 2.91. The van der Waals surface area contributed by atoms with Crippen LogP contribution in [0.1, 0.15) is 10.4 Å². The van der Waals surface area contributed by atoms with Gasteiger partial charge in [-0.3, -0.25) is 4.98 Å². The molecule has 2 aromatic carbocycles. The second kappa shape index (κ2) is 4.74. The molecule has 0 bridgehead atoms. The second-order valence-corrected chi connectivity index (χ2v) is 4.41. The minimum absolute atomic E-state index is 0.0760. The summed E-state index contributed by atoms with van der Waals surface area (Å²) in [6.45, 7) is 0. The van der Waals surface area contributed by atoms with Crippen molar-refractivity contribution < 1.29 is 14.3 Å². The molecule has 4 heteroatoms. The molecule has 0 radical (unpaired) electrons. The molecule has 0 fully saturated rings. The number of fused-ring (bicyclic) bond motifs is 1. The van der Waals surface area contributed by atoms with Crippen molar-refractivity contribution in [3.05, 3.63) is 66.1 Å². The normalized spacial score (nSPS) is 10.7. The fourth-order valence-electron chi connectivity index (χ4n) is 2.21. The van der Waals surface area contributed by atoms with Crippen LogP contribution in [0.25, 0.3) is 22.0 Å². The SMILES string of the molecule is O=C(O)c1cc(F)cc(-c2cccc3cccnc23)c1. The van der Waals surface area contributed by atoms with E-state index >= 15 is 0 Å². The Morgan fingerprint density at radius 2 is 1.90 bits per heavy atom. The number of carboxylic acids is 1. The molecule has 3 rings (SSSR count). The average Bonchev–Trinajstić information content (AvgIpc) is 2.46. The molecular formula is C16H10FNO2. The van der Waals surface area contributed by atoms with Crippen molar-refractivity contribution in [2.75, 3.05) is 0 Å². The van der Waals surface area contributed by atoms with E-state index in [1.165, 1.54) is 12.1 Å². The zero-order chi connectivity index (χ0) is 14.1. The first-order valence-corrected chi connectivity index (χ1v) is 6.03. The largest absolute Gasteiger partial charge is 0.478 e. The van der Waals surface area contributed by atoms with Crippen LogP contribution in [0.3, 0.4) is 0 Å². The van der Waals surface area contributed by atoms with Crippen LogP contribution in [0.4, 0.5) is 4.39 Å². The van der Waals surface area contributed by atoms with Crippen LogP contribution in [-0.4, -0.2) is 16.1 Å². The molecule has 1 N–H and O–H groups in total. The summed E-state index contributed by atoms with van der Waals surface area (Å²) in [6, 6.07) is 13.0. The quantitative estimate of drug-likeness (QED) is 0.769. The minimum Gasteiger partial charge on any atom is -0.478 e. The summed E-state index contributed by atoms with van der Waals surface area (Å²) in [6.07, 6.45) is 1.66. The Bertz CT molecular complexity index is 809. The molecule has 1 heterocycles. The monoisotopic (exact) mass is 267 g/mol. The topological polar surface area (TPSA) is 50.2 Å². The van der Waals surface area contributed by atoms with Crippen molar-refractivity contribution in [1.82, 2.24) is 4.98 Å². The molecule has 0 aliphatic heterocycles. The Balaban J connectivity index is 2.28. The van der Waals surface area contributed by atoms with Gasteiger partial charge in [-0.2, -0.15) is 0 Å². The maximum atomic E-state index is 13.6. The van der Waals surface area contributed by atoms with Gasteiger partial charge in [0.15, 0.2) is 0 Å². The zero-order valence-corrected chi connectivity index (χ0v) is 10.4. The lowest BCUT2D eigenvalue weighted by atomic mass is 10.00. The summed E-state index contributed by atoms with van der Waals surface area (Å²) in [5.74, 6) is -1.73. The van der Waals surface area contributed by atoms with E-state index in [1.807, 2.05) is 24.3 Å². The molecule has 3 aromatic rings. The number of carbonyl (C=O) groups is 1. The van der Waals surface area contributed by atoms with Crippen LogP contribution in [0.15, 0.2) is 54.7 Å². The van der Waals surface area contributed by atoms with Gasteiger partial charge in [-0.05, 0) is 29.8 Å². The number of para-hydroxylation sites is 1. The molecule has 1 aromatic heterocycles. The summed E-state index contributed by atoms with van der Waals surface area (Å²) >= 11 is 0. The second-order valence-electron chi connectivity index (χ2n) is 4.41. The van der Waals surface area contributed by atoms with Crippen molar-refractivity contribution >= 4 is 16.9 Å². The summed E-state index contributed by atoms with van der Waals surface area (Å²) in [7, 11) is 0. The van der Waals surface area contributed by atoms with Crippen molar-refractivity contribution in [3.8, 4) is 11.1 Å². The molecular weight excluding hydrogens is 257 g/mol. The smallest absolute Gasteiger partial charge is 0.335 e. The predicted octanol–water partition coefficient (Wildman–Crippen LogP) is 3.74. The fourth-order valence-corrected chi connectivity index (χ4v) is 2.21. The van der Waals surface area contributed by atoms with E-state index < -0.39 is 11.8 Å². The summed E-state index contributed by atoms with van der Waals surface area (Å²) in [5, 5.41) is 9.93. The van der Waals surface area contributed by atoms with Gasteiger partial charge in [0.2, 0.25) is 0 Å². The third-order valence-electron chi connectivity index (χ3n) is 3.09. The number of aromatic carboxylic acids is 1. The first-order valence-electron chi connectivity index (χ1n) is 6.03. The molecule has 3 nitrogen and oxygen atoms in total. The molecule has 0 spiro atoms. The maximum Gasteiger partial charge on any atom is 0.335 e. The van der Waals surface area contributed by atoms with Crippen LogP contribution in [0, 0.1) is 5.82 Å². The van der Waals surface area contributed by atoms with E-state index in [0.29, 0.717) is 11.1 Å². The first kappa shape index (κ1) is 12.3. The number of aromatic nitrogens is 1. The van der Waals surface area contributed by atoms with Crippen molar-refractivity contribution in [2.45, 2.75) is 0 Å².